The molecular weight excluding hydrogens is 310 g/mol. The van der Waals surface area contributed by atoms with Crippen molar-refractivity contribution in [1.82, 2.24) is 14.8 Å². The van der Waals surface area contributed by atoms with Crippen molar-refractivity contribution in [3.05, 3.63) is 29.3 Å². The van der Waals surface area contributed by atoms with E-state index in [2.05, 4.69) is 15.5 Å². The fourth-order valence-corrected chi connectivity index (χ4v) is 3.11. The van der Waals surface area contributed by atoms with Crippen LogP contribution in [0.3, 0.4) is 0 Å². The highest BCUT2D eigenvalue weighted by atomic mass is 32.2. The molecular formula is C16H23N5OS. The van der Waals surface area contributed by atoms with Gasteiger partial charge in [-0.15, -0.1) is 10.2 Å². The molecule has 1 aromatic heterocycles. The van der Waals surface area contributed by atoms with Crippen LogP contribution in [0, 0.1) is 13.8 Å². The maximum Gasteiger partial charge on any atom is 0.247 e. The number of nitrogens with zero attached hydrogens (tertiary/aromatic N) is 3. The van der Waals surface area contributed by atoms with E-state index in [4.69, 9.17) is 5.73 Å². The Bertz CT molecular complexity index is 698. The minimum Gasteiger partial charge on any atom is -0.368 e. The summed E-state index contributed by atoms with van der Waals surface area (Å²) in [7, 11) is 0. The molecule has 0 unspecified atom stereocenters. The monoisotopic (exact) mass is 333 g/mol. The molecule has 124 valence electrons. The zero-order valence-corrected chi connectivity index (χ0v) is 14.8. The Morgan fingerprint density at radius 1 is 1.35 bits per heavy atom. The minimum atomic E-state index is -0.432. The molecule has 2 rings (SSSR count). The molecule has 0 radical (unpaired) electrons. The molecule has 0 aliphatic rings. The van der Waals surface area contributed by atoms with Gasteiger partial charge < -0.3 is 11.1 Å². The van der Waals surface area contributed by atoms with Crippen LogP contribution in [-0.2, 0) is 4.79 Å². The van der Waals surface area contributed by atoms with E-state index in [1.807, 2.05) is 45.9 Å². The summed E-state index contributed by atoms with van der Waals surface area (Å²) in [5.74, 6) is 1.00. The molecule has 0 saturated heterocycles. The molecule has 1 heterocycles. The molecule has 0 spiro atoms. The minimum absolute atomic E-state index is 0.106. The van der Waals surface area contributed by atoms with Gasteiger partial charge >= 0.3 is 0 Å². The van der Waals surface area contributed by atoms with Crippen molar-refractivity contribution in [2.45, 2.75) is 45.3 Å². The number of carbonyl (C=O) groups is 1. The van der Waals surface area contributed by atoms with E-state index in [0.717, 1.165) is 22.6 Å². The molecule has 1 aromatic carbocycles. The van der Waals surface area contributed by atoms with Gasteiger partial charge in [-0.25, -0.2) is 0 Å². The van der Waals surface area contributed by atoms with E-state index in [1.165, 1.54) is 11.8 Å². The Morgan fingerprint density at radius 3 is 2.74 bits per heavy atom. The van der Waals surface area contributed by atoms with E-state index in [-0.39, 0.29) is 11.9 Å². The van der Waals surface area contributed by atoms with Gasteiger partial charge in [0, 0.05) is 5.69 Å². The normalized spacial score (nSPS) is 12.2. The SMILES string of the molecule is CCSc1nnc(N)n1[C@@H](CC)C(=O)Nc1cccc(C)c1C. The zero-order valence-electron chi connectivity index (χ0n) is 14.0. The summed E-state index contributed by atoms with van der Waals surface area (Å²) in [6.45, 7) is 8.00. The van der Waals surface area contributed by atoms with Crippen LogP contribution >= 0.6 is 11.8 Å². The van der Waals surface area contributed by atoms with Crippen molar-refractivity contribution >= 4 is 29.3 Å². The number of nitrogens with one attached hydrogen (secondary N) is 1. The van der Waals surface area contributed by atoms with Crippen LogP contribution in [0.15, 0.2) is 23.4 Å². The number of aryl methyl sites for hydroxylation is 1. The summed E-state index contributed by atoms with van der Waals surface area (Å²) < 4.78 is 1.72. The standard InChI is InChI=1S/C16H23N5OS/c1-5-13(21-15(17)19-20-16(21)23-6-2)14(22)18-12-9-7-8-10(3)11(12)4/h7-9,13H,5-6H2,1-4H3,(H2,17,19)(H,18,22)/t13-/m0/s1. The van der Waals surface area contributed by atoms with Crippen LogP contribution in [0.2, 0.25) is 0 Å². The van der Waals surface area contributed by atoms with E-state index >= 15 is 0 Å². The smallest absolute Gasteiger partial charge is 0.247 e. The Labute approximate surface area is 140 Å². The average molecular weight is 333 g/mol. The van der Waals surface area contributed by atoms with E-state index in [1.54, 1.807) is 4.57 Å². The Balaban J connectivity index is 2.29. The molecule has 0 fully saturated rings. The van der Waals surface area contributed by atoms with E-state index in [9.17, 15) is 4.79 Å². The third kappa shape index (κ3) is 3.67. The molecule has 1 amide bonds. The van der Waals surface area contributed by atoms with Crippen molar-refractivity contribution in [3.63, 3.8) is 0 Å². The fourth-order valence-electron chi connectivity index (χ4n) is 2.40. The highest BCUT2D eigenvalue weighted by Gasteiger charge is 2.25. The lowest BCUT2D eigenvalue weighted by atomic mass is 10.1. The van der Waals surface area contributed by atoms with Crippen LogP contribution in [-0.4, -0.2) is 26.4 Å². The predicted octanol–water partition coefficient (Wildman–Crippen LogP) is 3.18. The molecule has 23 heavy (non-hydrogen) atoms. The number of thioether (sulfide) groups is 1. The van der Waals surface area contributed by atoms with Gasteiger partial charge in [0.2, 0.25) is 11.9 Å². The van der Waals surface area contributed by atoms with Crippen molar-refractivity contribution in [3.8, 4) is 0 Å². The second-order valence-electron chi connectivity index (χ2n) is 5.30. The summed E-state index contributed by atoms with van der Waals surface area (Å²) in [5, 5.41) is 11.7. The molecule has 1 atom stereocenters. The van der Waals surface area contributed by atoms with Gasteiger partial charge in [0.15, 0.2) is 5.16 Å². The Morgan fingerprint density at radius 2 is 2.09 bits per heavy atom. The summed E-state index contributed by atoms with van der Waals surface area (Å²) in [6.07, 6.45) is 0.607. The van der Waals surface area contributed by atoms with E-state index < -0.39 is 6.04 Å². The molecule has 0 aliphatic heterocycles. The average Bonchev–Trinajstić information content (AvgIpc) is 2.87. The van der Waals surface area contributed by atoms with Crippen LogP contribution in [0.25, 0.3) is 0 Å². The number of hydrogen-bond donors (Lipinski definition) is 2. The van der Waals surface area contributed by atoms with Gasteiger partial charge in [0.05, 0.1) is 0 Å². The molecule has 3 N–H and O–H groups in total. The van der Waals surface area contributed by atoms with Gasteiger partial charge in [-0.05, 0) is 43.2 Å². The van der Waals surface area contributed by atoms with Crippen LogP contribution in [0.4, 0.5) is 11.6 Å². The maximum atomic E-state index is 12.8. The molecule has 0 bridgehead atoms. The second kappa shape index (κ2) is 7.50. The maximum absolute atomic E-state index is 12.8. The first-order valence-corrected chi connectivity index (χ1v) is 8.68. The fraction of sp³-hybridized carbons (Fsp3) is 0.438. The van der Waals surface area contributed by atoms with Crippen LogP contribution in [0.1, 0.15) is 37.4 Å². The quantitative estimate of drug-likeness (QED) is 0.793. The number of rotatable bonds is 6. The molecule has 7 heteroatoms. The first-order chi connectivity index (χ1) is 11.0. The van der Waals surface area contributed by atoms with E-state index in [0.29, 0.717) is 11.6 Å². The molecule has 0 saturated carbocycles. The van der Waals surface area contributed by atoms with Crippen molar-refractivity contribution in [1.29, 1.82) is 0 Å². The first-order valence-electron chi connectivity index (χ1n) is 7.69. The third-order valence-electron chi connectivity index (χ3n) is 3.83. The lowest BCUT2D eigenvalue weighted by molar-refractivity contribution is -0.119. The van der Waals surface area contributed by atoms with Crippen LogP contribution < -0.4 is 11.1 Å². The zero-order chi connectivity index (χ0) is 17.0. The topological polar surface area (TPSA) is 85.8 Å². The highest BCUT2D eigenvalue weighted by molar-refractivity contribution is 7.99. The lowest BCUT2D eigenvalue weighted by Gasteiger charge is -2.20. The second-order valence-corrected chi connectivity index (χ2v) is 6.54. The molecule has 2 aromatic rings. The van der Waals surface area contributed by atoms with Crippen molar-refractivity contribution < 1.29 is 4.79 Å². The number of hydrogen-bond acceptors (Lipinski definition) is 5. The van der Waals surface area contributed by atoms with Crippen LogP contribution in [0.5, 0.6) is 0 Å². The molecule has 0 aliphatic carbocycles. The first kappa shape index (κ1) is 17.3. The Kier molecular flexibility index (Phi) is 5.65. The number of benzene rings is 1. The van der Waals surface area contributed by atoms with Gasteiger partial charge in [-0.2, -0.15) is 0 Å². The predicted molar refractivity (Wildman–Crippen MR) is 94.7 cm³/mol. The number of carbonyl (C=O) groups excluding carboxylic acids is 1. The lowest BCUT2D eigenvalue weighted by Crippen LogP contribution is -2.27. The number of aromatic nitrogens is 3. The number of nitrogen functional groups attached to an aromatic ring is 1. The van der Waals surface area contributed by atoms with Crippen molar-refractivity contribution in [2.75, 3.05) is 16.8 Å². The van der Waals surface area contributed by atoms with Gasteiger partial charge in [0.1, 0.15) is 6.04 Å². The number of nitrogens with two attached hydrogens (primary N) is 1. The van der Waals surface area contributed by atoms with Gasteiger partial charge in [-0.3, -0.25) is 9.36 Å². The molecule has 6 nitrogen and oxygen atoms in total. The summed E-state index contributed by atoms with van der Waals surface area (Å²) in [5.41, 5.74) is 8.96. The van der Waals surface area contributed by atoms with Crippen molar-refractivity contribution in [2.24, 2.45) is 0 Å². The summed E-state index contributed by atoms with van der Waals surface area (Å²) in [4.78, 5) is 12.8. The largest absolute Gasteiger partial charge is 0.368 e. The van der Waals surface area contributed by atoms with Gasteiger partial charge in [-0.1, -0.05) is 37.7 Å². The van der Waals surface area contributed by atoms with Gasteiger partial charge in [0.25, 0.3) is 0 Å². The highest BCUT2D eigenvalue weighted by Crippen LogP contribution is 2.26. The number of anilines is 2. The Hall–Kier alpha value is -2.02. The third-order valence-corrected chi connectivity index (χ3v) is 4.65. The summed E-state index contributed by atoms with van der Waals surface area (Å²) in [6, 6.07) is 5.43. The number of amides is 1. The summed E-state index contributed by atoms with van der Waals surface area (Å²) >= 11 is 1.53.